The molecule has 4 aromatic carbocycles. The van der Waals surface area contributed by atoms with E-state index in [0.717, 1.165) is 12.6 Å². The Labute approximate surface area is 341 Å². The molecule has 54 heavy (non-hydrogen) atoms. The zero-order chi connectivity index (χ0) is 37.7. The molecule has 0 amide bonds. The number of hydrogen-bond donors (Lipinski definition) is 2. The predicted molar refractivity (Wildman–Crippen MR) is 201 cm³/mol. The van der Waals surface area contributed by atoms with Gasteiger partial charge in [0.25, 0.3) is 0 Å². The van der Waals surface area contributed by atoms with Crippen molar-refractivity contribution in [3.05, 3.63) is 164 Å². The summed E-state index contributed by atoms with van der Waals surface area (Å²) < 4.78 is 78.0. The van der Waals surface area contributed by atoms with Crippen LogP contribution in [0.25, 0.3) is 0 Å². The molecule has 0 fully saturated rings. The Balaban J connectivity index is 0.000000420. The quantitative estimate of drug-likeness (QED) is 0.0899. The molecule has 0 radical (unpaired) electrons. The number of H-pyrrole nitrogens is 1. The van der Waals surface area contributed by atoms with E-state index in [2.05, 4.69) is 152 Å². The summed E-state index contributed by atoms with van der Waals surface area (Å²) in [6, 6.07) is 46.3. The van der Waals surface area contributed by atoms with E-state index in [4.69, 9.17) is 0 Å². The van der Waals surface area contributed by atoms with E-state index in [1.54, 1.807) is 18.6 Å². The summed E-state index contributed by atoms with van der Waals surface area (Å²) >= 11 is 0. The van der Waals surface area contributed by atoms with Crippen LogP contribution in [-0.4, -0.2) is 47.0 Å². The molecule has 0 aliphatic rings. The number of anilines is 1. The van der Waals surface area contributed by atoms with Gasteiger partial charge in [-0.05, 0) is 60.7 Å². The number of hydrogen-bond acceptors (Lipinski definition) is 5. The van der Waals surface area contributed by atoms with Crippen LogP contribution in [0.3, 0.4) is 0 Å². The normalized spacial score (nSPS) is 10.9. The number of rotatable bonds is 9. The molecular weight excluding hydrogens is 944 g/mol. The molecule has 0 aliphatic heterocycles. The largest absolute Gasteiger partial charge is 1.00 e. The van der Waals surface area contributed by atoms with Crippen molar-refractivity contribution in [2.75, 3.05) is 17.9 Å². The molecule has 0 spiro atoms. The Morgan fingerprint density at radius 2 is 0.852 bits per heavy atom. The zero-order valence-electron chi connectivity index (χ0n) is 28.0. The Bertz CT molecular complexity index is 1770. The second-order valence-electron chi connectivity index (χ2n) is 10.3. The molecule has 0 saturated carbocycles. The number of halogens is 8. The van der Waals surface area contributed by atoms with E-state index < -0.39 is 30.4 Å². The van der Waals surface area contributed by atoms with Gasteiger partial charge in [0.05, 0.1) is 37.1 Å². The first-order valence-corrected chi connectivity index (χ1v) is 19.0. The first-order chi connectivity index (χ1) is 24.9. The Hall–Kier alpha value is -3.45. The minimum atomic E-state index is -6.00. The second kappa shape index (κ2) is 26.4. The third-order valence-corrected chi connectivity index (χ3v) is 11.6. The molecule has 0 aliphatic carbocycles. The van der Waals surface area contributed by atoms with Crippen LogP contribution in [0, 0.1) is 0 Å². The maximum absolute atomic E-state index is 9.75. The maximum Gasteiger partial charge on any atom is 1.00 e. The summed E-state index contributed by atoms with van der Waals surface area (Å²) in [6.07, 6.45) is 8.75. The van der Waals surface area contributed by atoms with Gasteiger partial charge in [-0.3, -0.25) is 0 Å². The predicted octanol–water partition coefficient (Wildman–Crippen LogP) is 7.44. The van der Waals surface area contributed by atoms with Gasteiger partial charge < -0.3 is 44.8 Å². The van der Waals surface area contributed by atoms with Crippen LogP contribution in [0.5, 0.6) is 0 Å². The van der Waals surface area contributed by atoms with Crippen LogP contribution < -0.4 is 32.2 Å². The van der Waals surface area contributed by atoms with Crippen molar-refractivity contribution in [2.24, 2.45) is 4.99 Å². The number of aromatic nitrogens is 4. The van der Waals surface area contributed by atoms with Crippen LogP contribution >= 0.6 is 15.8 Å². The minimum absolute atomic E-state index is 0. The zero-order valence-corrected chi connectivity index (χ0v) is 33.0. The molecule has 0 atom stereocenters. The van der Waals surface area contributed by atoms with Crippen molar-refractivity contribution in [3.8, 4) is 0 Å². The van der Waals surface area contributed by atoms with E-state index in [-0.39, 0.29) is 44.8 Å². The standard InChI is InChI=1S/2C17H16N3P.2Ag.2BF4/c2*1-3-8-15(9-4-1)21(16-10-5-2-6-11-16)14-20-17-18-12-7-13-19-17;;;2*2-1(3,4)5/h2*1-13H,14H2,(H,18,19,20);;;;/q;;2*+1;2*-1/p+2. The van der Waals surface area contributed by atoms with E-state index in [1.165, 1.54) is 21.2 Å². The summed E-state index contributed by atoms with van der Waals surface area (Å²) in [5.41, 5.74) is 0.687. The fourth-order valence-electron chi connectivity index (χ4n) is 4.39. The summed E-state index contributed by atoms with van der Waals surface area (Å²) in [4.78, 5) is 20.4. The fourth-order valence-corrected chi connectivity index (χ4v) is 8.85. The number of benzene rings is 4. The number of nitrogens with zero attached hydrogens (tertiary/aromatic N) is 4. The number of nitrogens with one attached hydrogen (secondary N) is 2. The molecule has 0 bridgehead atoms. The van der Waals surface area contributed by atoms with Gasteiger partial charge in [-0.15, -0.1) is 0 Å². The molecule has 2 N–H and O–H groups in total. The fraction of sp³-hybridized carbons (Fsp3) is 0.0588. The van der Waals surface area contributed by atoms with Crippen LogP contribution in [0.15, 0.2) is 163 Å². The Kier molecular flexibility index (Phi) is 23.7. The van der Waals surface area contributed by atoms with Crippen molar-refractivity contribution in [1.29, 1.82) is 0 Å². The average Bonchev–Trinajstić information content (AvgIpc) is 3.13. The van der Waals surface area contributed by atoms with Gasteiger partial charge in [0.2, 0.25) is 11.6 Å². The van der Waals surface area contributed by atoms with E-state index in [0.29, 0.717) is 11.6 Å². The smallest absolute Gasteiger partial charge is 0.418 e. The second-order valence-corrected chi connectivity index (χ2v) is 15.2. The van der Waals surface area contributed by atoms with E-state index >= 15 is 0 Å². The first kappa shape index (κ1) is 48.6. The van der Waals surface area contributed by atoms with Gasteiger partial charge in [0, 0.05) is 24.8 Å². The molecule has 6 rings (SSSR count). The summed E-state index contributed by atoms with van der Waals surface area (Å²) in [7, 11) is -13.8. The average molecular weight is 978 g/mol. The van der Waals surface area contributed by atoms with Gasteiger partial charge in [0.15, 0.2) is 6.29 Å². The molecular formula is C34H34Ag2B2F8N6P2+2. The van der Waals surface area contributed by atoms with Crippen molar-refractivity contribution < 1.29 is 79.3 Å². The maximum atomic E-state index is 9.75. The summed E-state index contributed by atoms with van der Waals surface area (Å²) in [5, 5.41) is 8.87. The van der Waals surface area contributed by atoms with Gasteiger partial charge in [-0.2, -0.15) is 0 Å². The molecule has 6 aromatic rings. The molecule has 2 heterocycles. The van der Waals surface area contributed by atoms with Gasteiger partial charge in [-0.25, -0.2) is 19.9 Å². The monoisotopic (exact) mass is 976 g/mol. The van der Waals surface area contributed by atoms with Crippen LogP contribution in [0.4, 0.5) is 40.5 Å². The van der Waals surface area contributed by atoms with Gasteiger partial charge >= 0.3 is 59.3 Å². The molecule has 2 aromatic heterocycles. The van der Waals surface area contributed by atoms with E-state index in [9.17, 15) is 34.5 Å². The van der Waals surface area contributed by atoms with Crippen molar-refractivity contribution in [2.45, 2.75) is 0 Å². The van der Waals surface area contributed by atoms with Crippen molar-refractivity contribution in [3.63, 3.8) is 0 Å². The van der Waals surface area contributed by atoms with Crippen LogP contribution in [0.2, 0.25) is 0 Å². The molecule has 0 unspecified atom stereocenters. The molecule has 6 nitrogen and oxygen atoms in total. The van der Waals surface area contributed by atoms with Gasteiger partial charge in [-0.1, -0.05) is 72.8 Å². The molecule has 20 heteroatoms. The molecule has 0 saturated heterocycles. The Morgan fingerprint density at radius 3 is 1.20 bits per heavy atom. The summed E-state index contributed by atoms with van der Waals surface area (Å²) in [5.74, 6) is 0.687. The third-order valence-electron chi connectivity index (χ3n) is 6.46. The van der Waals surface area contributed by atoms with Crippen LogP contribution in [-0.2, 0) is 44.8 Å². The van der Waals surface area contributed by atoms with Gasteiger partial charge in [0.1, 0.15) is 6.29 Å². The van der Waals surface area contributed by atoms with Crippen LogP contribution in [0.1, 0.15) is 0 Å². The topological polar surface area (TPSA) is 78.9 Å². The van der Waals surface area contributed by atoms with Crippen molar-refractivity contribution in [1.82, 2.24) is 19.9 Å². The van der Waals surface area contributed by atoms with Crippen molar-refractivity contribution >= 4 is 57.5 Å². The molecule has 292 valence electrons. The first-order valence-electron chi connectivity index (χ1n) is 15.6. The summed E-state index contributed by atoms with van der Waals surface area (Å²) in [6.45, 7) is 0. The Morgan fingerprint density at radius 1 is 0.500 bits per heavy atom. The van der Waals surface area contributed by atoms with E-state index in [1.807, 2.05) is 18.3 Å². The SMILES string of the molecule is F[B-](F)(F)F.F[B-](F)(F)F.[Ag+].[Ag+].c1ccc([PH+](C/N=c2/nccc[nH]2)c2ccccc2)cc1.c1ccc([PH+](CNc2ncccn2)c2ccccc2)cc1. The third kappa shape index (κ3) is 22.1. The minimum Gasteiger partial charge on any atom is -0.418 e. The number of aromatic amines is 1.